The van der Waals surface area contributed by atoms with E-state index >= 15 is 0 Å². The first kappa shape index (κ1) is 37.4. The summed E-state index contributed by atoms with van der Waals surface area (Å²) in [5.41, 5.74) is 0.367. The van der Waals surface area contributed by atoms with Crippen LogP contribution in [0.3, 0.4) is 0 Å². The molecule has 6 aliphatic rings. The molecular weight excluding hydrogens is 651 g/mol. The van der Waals surface area contributed by atoms with Crippen LogP contribution in [0.4, 0.5) is 9.59 Å². The molecule has 2 saturated heterocycles. The van der Waals surface area contributed by atoms with Gasteiger partial charge in [-0.1, -0.05) is 65.8 Å². The summed E-state index contributed by atoms with van der Waals surface area (Å²) >= 11 is 0. The second kappa shape index (κ2) is 13.3. The van der Waals surface area contributed by atoms with Crippen LogP contribution in [0, 0.1) is 22.7 Å². The van der Waals surface area contributed by atoms with Gasteiger partial charge in [-0.3, -0.25) is 14.5 Å². The van der Waals surface area contributed by atoms with Crippen LogP contribution in [0.25, 0.3) is 0 Å². The van der Waals surface area contributed by atoms with E-state index in [1.165, 1.54) is 4.90 Å². The Morgan fingerprint density at radius 2 is 1.63 bits per heavy atom. The van der Waals surface area contributed by atoms with Crippen molar-refractivity contribution in [3.8, 4) is 0 Å². The zero-order chi connectivity index (χ0) is 37.3. The van der Waals surface area contributed by atoms with Crippen molar-refractivity contribution in [3.63, 3.8) is 0 Å². The topological polar surface area (TPSA) is 136 Å². The zero-order valence-corrected chi connectivity index (χ0v) is 32.0. The maximum Gasteiger partial charge on any atom is 0.481 e. The summed E-state index contributed by atoms with van der Waals surface area (Å²) < 4.78 is 24.7. The molecule has 0 aromatic heterocycles. The minimum Gasteiger partial charge on any atom is -0.444 e. The number of ether oxygens (including phenoxy) is 2. The largest absolute Gasteiger partial charge is 0.481 e. The van der Waals surface area contributed by atoms with Crippen molar-refractivity contribution >= 4 is 31.1 Å². The molecule has 2 unspecified atom stereocenters. The van der Waals surface area contributed by atoms with Crippen LogP contribution in [-0.4, -0.2) is 88.9 Å². The first-order valence-electron chi connectivity index (χ1n) is 18.7. The minimum atomic E-state index is -1.02. The van der Waals surface area contributed by atoms with E-state index in [0.717, 1.165) is 24.0 Å². The third-order valence-corrected chi connectivity index (χ3v) is 12.1. The van der Waals surface area contributed by atoms with Gasteiger partial charge in [0.15, 0.2) is 0 Å². The number of hydrogen-bond acceptors (Lipinski definition) is 8. The van der Waals surface area contributed by atoms with Gasteiger partial charge in [0.25, 0.3) is 0 Å². The lowest BCUT2D eigenvalue weighted by Crippen LogP contribution is -2.65. The van der Waals surface area contributed by atoms with E-state index in [0.29, 0.717) is 31.3 Å². The molecule has 0 spiro atoms. The third kappa shape index (κ3) is 7.21. The molecule has 13 heteroatoms. The summed E-state index contributed by atoms with van der Waals surface area (Å²) in [7, 11) is -0.628. The van der Waals surface area contributed by atoms with Crippen LogP contribution >= 0.6 is 0 Å². The Kier molecular flexibility index (Phi) is 9.74. The predicted molar refractivity (Wildman–Crippen MR) is 191 cm³/mol. The predicted octanol–water partition coefficient (Wildman–Crippen LogP) is 5.21. The molecule has 51 heavy (non-hydrogen) atoms. The van der Waals surface area contributed by atoms with E-state index in [9.17, 15) is 19.2 Å². The lowest BCUT2D eigenvalue weighted by Gasteiger charge is -2.64. The van der Waals surface area contributed by atoms with Gasteiger partial charge in [0.1, 0.15) is 23.8 Å². The monoisotopic (exact) mass is 708 g/mol. The number of fused-ring (bicyclic) bond motifs is 1. The fourth-order valence-corrected chi connectivity index (χ4v) is 9.01. The first-order chi connectivity index (χ1) is 23.7. The third-order valence-electron chi connectivity index (χ3n) is 12.1. The highest BCUT2D eigenvalue weighted by atomic mass is 16.7. The normalized spacial score (nSPS) is 30.5. The molecule has 2 bridgehead atoms. The maximum atomic E-state index is 14.4. The van der Waals surface area contributed by atoms with Crippen molar-refractivity contribution in [2.24, 2.45) is 22.7 Å². The van der Waals surface area contributed by atoms with E-state index in [-0.39, 0.29) is 30.4 Å². The first-order valence-corrected chi connectivity index (χ1v) is 18.7. The fourth-order valence-electron chi connectivity index (χ4n) is 9.01. The molecule has 1 aromatic carbocycles. The Labute approximate surface area is 303 Å². The number of carbonyl (C=O) groups is 4. The number of nitrogens with one attached hydrogen (secondary N) is 2. The maximum absolute atomic E-state index is 14.4. The molecule has 8 atom stereocenters. The lowest BCUT2D eigenvalue weighted by molar-refractivity contribution is -0.199. The highest BCUT2D eigenvalue weighted by Crippen LogP contribution is 2.65. The number of carbonyl (C=O) groups excluding carboxylic acids is 4. The van der Waals surface area contributed by atoms with E-state index in [1.807, 2.05) is 52.0 Å². The second-order valence-corrected chi connectivity index (χ2v) is 18.2. The quantitative estimate of drug-likeness (QED) is 0.369. The van der Waals surface area contributed by atoms with Crippen LogP contribution in [0.5, 0.6) is 0 Å². The van der Waals surface area contributed by atoms with Gasteiger partial charge in [-0.05, 0) is 80.8 Å². The van der Waals surface area contributed by atoms with Crippen molar-refractivity contribution in [1.29, 1.82) is 0 Å². The van der Waals surface area contributed by atoms with Crippen LogP contribution < -0.4 is 10.6 Å². The molecule has 3 saturated carbocycles. The van der Waals surface area contributed by atoms with E-state index < -0.39 is 66.0 Å². The smallest absolute Gasteiger partial charge is 0.444 e. The molecule has 0 radical (unpaired) electrons. The molecule has 12 nitrogen and oxygen atoms in total. The van der Waals surface area contributed by atoms with Crippen LogP contribution in [0.1, 0.15) is 106 Å². The summed E-state index contributed by atoms with van der Waals surface area (Å²) in [5, 5.41) is 5.92. The van der Waals surface area contributed by atoms with E-state index in [4.69, 9.17) is 18.8 Å². The van der Waals surface area contributed by atoms with Gasteiger partial charge >= 0.3 is 19.3 Å². The summed E-state index contributed by atoms with van der Waals surface area (Å²) in [4.78, 5) is 58.2. The SMILES string of the molecule is CC[C@H](NC(=O)[C@@H]1C[C@@H](OC(=O)N2Cc3ccccc3C2)CN1C(=O)[C@@H](NC(=O)OC(C)(C)C)C(C)(C)C)B1O[C@@H]2CC3CC(C3(C)C)[C@]2(C)O1. The molecule has 3 aliphatic heterocycles. The van der Waals surface area contributed by atoms with Gasteiger partial charge in [-0.2, -0.15) is 0 Å². The molecule has 3 aliphatic carbocycles. The van der Waals surface area contributed by atoms with Gasteiger partial charge < -0.3 is 34.3 Å². The van der Waals surface area contributed by atoms with Crippen molar-refractivity contribution < 1.29 is 38.0 Å². The summed E-state index contributed by atoms with van der Waals surface area (Å²) in [5.74, 6) is -0.331. The molecule has 1 aromatic rings. The van der Waals surface area contributed by atoms with Gasteiger partial charge in [0.2, 0.25) is 11.8 Å². The number of rotatable bonds is 7. The minimum absolute atomic E-state index is 0.00244. The summed E-state index contributed by atoms with van der Waals surface area (Å²) in [6.45, 7) is 20.4. The highest BCUT2D eigenvalue weighted by molar-refractivity contribution is 6.47. The molecular formula is C38H57BN4O8. The Morgan fingerprint density at radius 3 is 2.20 bits per heavy atom. The average molecular weight is 709 g/mol. The Bertz CT molecular complexity index is 1510. The van der Waals surface area contributed by atoms with Crippen molar-refractivity contribution in [2.45, 2.75) is 149 Å². The van der Waals surface area contributed by atoms with Gasteiger partial charge in [0.05, 0.1) is 24.2 Å². The Morgan fingerprint density at radius 1 is 0.980 bits per heavy atom. The van der Waals surface area contributed by atoms with Crippen molar-refractivity contribution in [3.05, 3.63) is 35.4 Å². The Balaban J connectivity index is 1.19. The lowest BCUT2D eigenvalue weighted by atomic mass is 9.43. The van der Waals surface area contributed by atoms with Gasteiger partial charge in [-0.15, -0.1) is 0 Å². The molecule has 7 rings (SSSR count). The number of benzene rings is 1. The summed E-state index contributed by atoms with van der Waals surface area (Å²) in [6.07, 6.45) is 0.698. The van der Waals surface area contributed by atoms with E-state index in [1.54, 1.807) is 25.7 Å². The van der Waals surface area contributed by atoms with Crippen molar-refractivity contribution in [1.82, 2.24) is 20.4 Å². The number of likely N-dealkylation sites (tertiary alicyclic amines) is 1. The standard InChI is InChI=1S/C38H57BN4O8/c1-11-29(39-50-28-17-24-16-27(37(24,8)9)38(28,10)51-39)40-31(44)26-18-25(48-34(47)42-19-22-14-12-13-15-23(22)20-42)21-43(26)32(45)30(35(2,3)4)41-33(46)49-36(5,6)7/h12-15,24-30H,11,16-21H2,1-10H3,(H,40,44)(H,41,46)/t24?,25-,26+,27?,28-,29+,30-,38+/m1/s1. The Hall–Kier alpha value is -3.32. The number of alkyl carbamates (subject to hydrolysis) is 1. The van der Waals surface area contributed by atoms with Crippen LogP contribution in [0.2, 0.25) is 0 Å². The van der Waals surface area contributed by atoms with Gasteiger partial charge in [-0.25, -0.2) is 9.59 Å². The zero-order valence-electron chi connectivity index (χ0n) is 32.0. The van der Waals surface area contributed by atoms with Crippen LogP contribution in [-0.2, 0) is 41.5 Å². The average Bonchev–Trinajstić information content (AvgIpc) is 3.75. The van der Waals surface area contributed by atoms with Crippen molar-refractivity contribution in [2.75, 3.05) is 6.54 Å². The number of hydrogen-bond donors (Lipinski definition) is 2. The summed E-state index contributed by atoms with van der Waals surface area (Å²) in [6, 6.07) is 5.88. The fraction of sp³-hybridized carbons (Fsp3) is 0.737. The second-order valence-electron chi connectivity index (χ2n) is 18.2. The molecule has 280 valence electrons. The van der Waals surface area contributed by atoms with E-state index in [2.05, 4.69) is 31.4 Å². The molecule has 2 N–H and O–H groups in total. The van der Waals surface area contributed by atoms with Crippen LogP contribution in [0.15, 0.2) is 24.3 Å². The number of amides is 4. The highest BCUT2D eigenvalue weighted by Gasteiger charge is 2.68. The molecule has 3 heterocycles. The van der Waals surface area contributed by atoms with Gasteiger partial charge in [0, 0.05) is 19.5 Å². The molecule has 5 fully saturated rings. The number of nitrogens with zero attached hydrogens (tertiary/aromatic N) is 2. The molecule has 4 amide bonds.